The molecule has 0 radical (unpaired) electrons. The molecule has 1 aromatic carbocycles. The first-order chi connectivity index (χ1) is 8.17. The van der Waals surface area contributed by atoms with E-state index < -0.39 is 0 Å². The second-order valence-corrected chi connectivity index (χ2v) is 5.46. The molecular formula is C12H16BrNO2S. The minimum absolute atomic E-state index is 0.166. The molecule has 94 valence electrons. The highest BCUT2D eigenvalue weighted by atomic mass is 79.9. The summed E-state index contributed by atoms with van der Waals surface area (Å²) in [6, 6.07) is 6.25. The molecule has 1 rings (SSSR count). The van der Waals surface area contributed by atoms with Gasteiger partial charge in [0.25, 0.3) is 0 Å². The average molecular weight is 318 g/mol. The van der Waals surface area contributed by atoms with Crippen LogP contribution in [0.4, 0.5) is 0 Å². The topological polar surface area (TPSA) is 38.3 Å². The number of carbonyl (C=O) groups excluding carboxylic acids is 1. The molecule has 3 nitrogen and oxygen atoms in total. The third-order valence-corrected chi connectivity index (χ3v) is 4.16. The maximum atomic E-state index is 11.0. The van der Waals surface area contributed by atoms with Crippen LogP contribution < -0.4 is 5.32 Å². The van der Waals surface area contributed by atoms with Gasteiger partial charge in [-0.05, 0) is 40.7 Å². The summed E-state index contributed by atoms with van der Waals surface area (Å²) in [4.78, 5) is 12.1. The molecule has 17 heavy (non-hydrogen) atoms. The maximum Gasteiger partial charge on any atom is 0.306 e. The molecule has 1 aromatic rings. The predicted octanol–water partition coefficient (Wildman–Crippen LogP) is 2.82. The number of thioether (sulfide) groups is 1. The molecule has 0 saturated carbocycles. The number of esters is 1. The van der Waals surface area contributed by atoms with E-state index in [1.54, 1.807) is 11.8 Å². The fourth-order valence-electron chi connectivity index (χ4n) is 1.32. The van der Waals surface area contributed by atoms with Crippen molar-refractivity contribution in [3.63, 3.8) is 0 Å². The van der Waals surface area contributed by atoms with E-state index >= 15 is 0 Å². The van der Waals surface area contributed by atoms with Gasteiger partial charge in [0.15, 0.2) is 0 Å². The van der Waals surface area contributed by atoms with Crippen molar-refractivity contribution in [3.8, 4) is 0 Å². The quantitative estimate of drug-likeness (QED) is 0.647. The average Bonchev–Trinajstić information content (AvgIpc) is 2.32. The molecule has 0 unspecified atom stereocenters. The minimum Gasteiger partial charge on any atom is -0.469 e. The molecule has 0 aliphatic heterocycles. The van der Waals surface area contributed by atoms with Crippen molar-refractivity contribution in [3.05, 3.63) is 28.2 Å². The van der Waals surface area contributed by atoms with Gasteiger partial charge in [-0.1, -0.05) is 6.07 Å². The third kappa shape index (κ3) is 5.10. The first-order valence-corrected chi connectivity index (χ1v) is 7.08. The zero-order valence-corrected chi connectivity index (χ0v) is 12.4. The number of nitrogens with one attached hydrogen (secondary N) is 1. The number of benzene rings is 1. The van der Waals surface area contributed by atoms with Gasteiger partial charge >= 0.3 is 5.97 Å². The van der Waals surface area contributed by atoms with E-state index in [0.717, 1.165) is 21.7 Å². The molecule has 0 bridgehead atoms. The summed E-state index contributed by atoms with van der Waals surface area (Å²) in [6.07, 6.45) is 0.436. The summed E-state index contributed by atoms with van der Waals surface area (Å²) in [5.41, 5.74) is 1.23. The monoisotopic (exact) mass is 317 g/mol. The van der Waals surface area contributed by atoms with Crippen LogP contribution in [0.25, 0.3) is 0 Å². The van der Waals surface area contributed by atoms with Crippen LogP contribution >= 0.6 is 27.7 Å². The van der Waals surface area contributed by atoms with Gasteiger partial charge in [-0.3, -0.25) is 4.79 Å². The number of carbonyl (C=O) groups is 1. The van der Waals surface area contributed by atoms with Crippen molar-refractivity contribution in [1.82, 2.24) is 5.32 Å². The first-order valence-electron chi connectivity index (χ1n) is 5.30. The van der Waals surface area contributed by atoms with E-state index in [9.17, 15) is 4.79 Å². The molecule has 5 heteroatoms. The van der Waals surface area contributed by atoms with Gasteiger partial charge in [0.2, 0.25) is 0 Å². The normalized spacial score (nSPS) is 10.3. The number of hydrogen-bond acceptors (Lipinski definition) is 4. The molecule has 0 aromatic heterocycles. The second kappa shape index (κ2) is 7.74. The minimum atomic E-state index is -0.166. The lowest BCUT2D eigenvalue weighted by Gasteiger charge is -2.06. The Bertz CT molecular complexity index is 385. The Morgan fingerprint density at radius 2 is 2.29 bits per heavy atom. The van der Waals surface area contributed by atoms with Crippen LogP contribution in [0.5, 0.6) is 0 Å². The standard InChI is InChI=1S/C12H16BrNO2S/c1-14-8-9-3-4-11(10(13)7-9)17-6-5-12(15)16-2/h3-4,7,14H,5-6,8H2,1-2H3. The van der Waals surface area contributed by atoms with Crippen molar-refractivity contribution < 1.29 is 9.53 Å². The number of hydrogen-bond donors (Lipinski definition) is 1. The highest BCUT2D eigenvalue weighted by Crippen LogP contribution is 2.28. The van der Waals surface area contributed by atoms with Crippen molar-refractivity contribution in [1.29, 1.82) is 0 Å². The smallest absolute Gasteiger partial charge is 0.306 e. The number of methoxy groups -OCH3 is 1. The van der Waals surface area contributed by atoms with Crippen LogP contribution in [0.1, 0.15) is 12.0 Å². The van der Waals surface area contributed by atoms with Crippen LogP contribution in [0.3, 0.4) is 0 Å². The summed E-state index contributed by atoms with van der Waals surface area (Å²) < 4.78 is 5.67. The van der Waals surface area contributed by atoms with Gasteiger partial charge in [-0.2, -0.15) is 0 Å². The molecule has 1 N–H and O–H groups in total. The molecule has 0 spiro atoms. The van der Waals surface area contributed by atoms with Gasteiger partial charge in [0.1, 0.15) is 0 Å². The van der Waals surface area contributed by atoms with E-state index in [1.807, 2.05) is 7.05 Å². The summed E-state index contributed by atoms with van der Waals surface area (Å²) in [6.45, 7) is 0.853. The lowest BCUT2D eigenvalue weighted by Crippen LogP contribution is -2.04. The van der Waals surface area contributed by atoms with Crippen molar-refractivity contribution in [2.45, 2.75) is 17.9 Å². The Balaban J connectivity index is 2.51. The van der Waals surface area contributed by atoms with Crippen LogP contribution in [0.15, 0.2) is 27.6 Å². The Hall–Kier alpha value is -0.520. The van der Waals surface area contributed by atoms with Crippen molar-refractivity contribution in [2.24, 2.45) is 0 Å². The zero-order chi connectivity index (χ0) is 12.7. The Morgan fingerprint density at radius 3 is 2.88 bits per heavy atom. The van der Waals surface area contributed by atoms with Gasteiger partial charge in [0, 0.05) is 21.7 Å². The molecule has 0 aliphatic rings. The van der Waals surface area contributed by atoms with E-state index in [0.29, 0.717) is 6.42 Å². The molecule has 0 heterocycles. The van der Waals surface area contributed by atoms with Gasteiger partial charge < -0.3 is 10.1 Å². The van der Waals surface area contributed by atoms with Crippen LogP contribution in [0, 0.1) is 0 Å². The molecule has 0 atom stereocenters. The van der Waals surface area contributed by atoms with Gasteiger partial charge in [-0.15, -0.1) is 11.8 Å². The molecule has 0 aliphatic carbocycles. The lowest BCUT2D eigenvalue weighted by atomic mass is 10.2. The fraction of sp³-hybridized carbons (Fsp3) is 0.417. The van der Waals surface area contributed by atoms with Crippen molar-refractivity contribution in [2.75, 3.05) is 19.9 Å². The number of ether oxygens (including phenoxy) is 1. The SMILES string of the molecule is CNCc1ccc(SCCC(=O)OC)c(Br)c1. The van der Waals surface area contributed by atoms with Crippen LogP contribution in [0.2, 0.25) is 0 Å². The summed E-state index contributed by atoms with van der Waals surface area (Å²) in [7, 11) is 3.34. The molecule has 0 fully saturated rings. The fourth-order valence-corrected chi connectivity index (χ4v) is 2.94. The van der Waals surface area contributed by atoms with E-state index in [4.69, 9.17) is 0 Å². The van der Waals surface area contributed by atoms with E-state index in [2.05, 4.69) is 44.2 Å². The van der Waals surface area contributed by atoms with E-state index in [1.165, 1.54) is 12.7 Å². The maximum absolute atomic E-state index is 11.0. The lowest BCUT2D eigenvalue weighted by molar-refractivity contribution is -0.140. The first kappa shape index (κ1) is 14.5. The number of halogens is 1. The second-order valence-electron chi connectivity index (χ2n) is 3.47. The zero-order valence-electron chi connectivity index (χ0n) is 9.96. The predicted molar refractivity (Wildman–Crippen MR) is 74.3 cm³/mol. The Morgan fingerprint density at radius 1 is 1.53 bits per heavy atom. The summed E-state index contributed by atoms with van der Waals surface area (Å²) in [5, 5.41) is 3.11. The third-order valence-electron chi connectivity index (χ3n) is 2.17. The van der Waals surface area contributed by atoms with E-state index in [-0.39, 0.29) is 5.97 Å². The Labute approximate surface area is 114 Å². The van der Waals surface area contributed by atoms with Gasteiger partial charge in [-0.25, -0.2) is 0 Å². The summed E-state index contributed by atoms with van der Waals surface area (Å²) >= 11 is 5.19. The molecular weight excluding hydrogens is 302 g/mol. The highest BCUT2D eigenvalue weighted by molar-refractivity contribution is 9.10. The van der Waals surface area contributed by atoms with Crippen LogP contribution in [-0.2, 0) is 16.1 Å². The Kier molecular flexibility index (Phi) is 6.62. The molecule has 0 saturated heterocycles. The highest BCUT2D eigenvalue weighted by Gasteiger charge is 2.04. The van der Waals surface area contributed by atoms with Crippen LogP contribution in [-0.4, -0.2) is 25.9 Å². The molecule has 0 amide bonds. The number of rotatable bonds is 6. The van der Waals surface area contributed by atoms with Gasteiger partial charge in [0.05, 0.1) is 13.5 Å². The van der Waals surface area contributed by atoms with Crippen molar-refractivity contribution >= 4 is 33.7 Å². The largest absolute Gasteiger partial charge is 0.469 e. The summed E-state index contributed by atoms with van der Waals surface area (Å²) in [5.74, 6) is 0.567.